The number of hydrogen-bond acceptors (Lipinski definition) is 2. The summed E-state index contributed by atoms with van der Waals surface area (Å²) >= 11 is 0. The molecule has 2 atom stereocenters. The topological polar surface area (TPSA) is 92.7 Å². The summed E-state index contributed by atoms with van der Waals surface area (Å²) in [7, 11) is 0. The van der Waals surface area contributed by atoms with Crippen LogP contribution >= 0.6 is 0 Å². The largest absolute Gasteiger partial charge is 0.351 e. The second kappa shape index (κ2) is 23.4. The average Bonchev–Trinajstić information content (AvgIpc) is 2.90. The van der Waals surface area contributed by atoms with Gasteiger partial charge >= 0.3 is 12.1 Å². The Morgan fingerprint density at radius 2 is 0.763 bits per heavy atom. The summed E-state index contributed by atoms with van der Waals surface area (Å²) in [5, 5.41) is 0. The molecule has 0 bridgehead atoms. The summed E-state index contributed by atoms with van der Waals surface area (Å²) in [6.45, 7) is 5.90. The van der Waals surface area contributed by atoms with Crippen LogP contribution in [0.15, 0.2) is 0 Å². The van der Waals surface area contributed by atoms with Gasteiger partial charge in [-0.05, 0) is 25.7 Å². The first kappa shape index (κ1) is 34.6. The summed E-state index contributed by atoms with van der Waals surface area (Å²) in [6, 6.07) is -0.701. The SMILES string of the molecule is CCCCCCCCCCCCN(C(N)=O)[C@H]1CCCC[C@@H]1N(CCCCCCCCCCCC)C(N)=O. The zero-order chi connectivity index (χ0) is 27.8. The predicted octanol–water partition coefficient (Wildman–Crippen LogP) is 8.90. The molecular formula is C32H64N4O2. The minimum absolute atomic E-state index is 0.00423. The van der Waals surface area contributed by atoms with E-state index in [0.29, 0.717) is 13.1 Å². The maximum Gasteiger partial charge on any atom is 0.315 e. The Labute approximate surface area is 236 Å². The number of amides is 4. The van der Waals surface area contributed by atoms with E-state index >= 15 is 0 Å². The molecule has 4 amide bonds. The van der Waals surface area contributed by atoms with Gasteiger partial charge in [-0.1, -0.05) is 142 Å². The van der Waals surface area contributed by atoms with Crippen LogP contribution in [0.4, 0.5) is 9.59 Å². The normalized spacial score (nSPS) is 17.4. The van der Waals surface area contributed by atoms with Crippen LogP contribution in [-0.4, -0.2) is 47.0 Å². The summed E-state index contributed by atoms with van der Waals surface area (Å²) < 4.78 is 0. The van der Waals surface area contributed by atoms with Crippen LogP contribution in [0.25, 0.3) is 0 Å². The molecule has 4 N–H and O–H groups in total. The second-order valence-corrected chi connectivity index (χ2v) is 11.8. The molecule has 1 aliphatic carbocycles. The lowest BCUT2D eigenvalue weighted by atomic mass is 9.87. The minimum atomic E-state index is -0.346. The second-order valence-electron chi connectivity index (χ2n) is 11.8. The molecule has 38 heavy (non-hydrogen) atoms. The van der Waals surface area contributed by atoms with Gasteiger partial charge in [0, 0.05) is 13.1 Å². The molecule has 224 valence electrons. The molecule has 1 rings (SSSR count). The highest BCUT2D eigenvalue weighted by atomic mass is 16.2. The summed E-state index contributed by atoms with van der Waals surface area (Å²) in [4.78, 5) is 28.7. The minimum Gasteiger partial charge on any atom is -0.351 e. The number of unbranched alkanes of at least 4 members (excludes halogenated alkanes) is 18. The third-order valence-corrected chi connectivity index (χ3v) is 8.57. The van der Waals surface area contributed by atoms with Gasteiger partial charge in [-0.3, -0.25) is 0 Å². The Morgan fingerprint density at radius 3 is 1.03 bits per heavy atom. The van der Waals surface area contributed by atoms with Crippen molar-refractivity contribution in [1.82, 2.24) is 9.80 Å². The third kappa shape index (κ3) is 15.8. The molecule has 0 saturated heterocycles. The van der Waals surface area contributed by atoms with E-state index in [1.54, 1.807) is 0 Å². The van der Waals surface area contributed by atoms with Crippen LogP contribution in [0.2, 0.25) is 0 Å². The standard InChI is InChI=1S/C32H64N4O2/c1-3-5-7-9-11-13-15-17-19-23-27-35(31(33)37)29-25-21-22-26-30(29)36(32(34)38)28-24-20-18-16-14-12-10-8-6-4-2/h29-30H,3-28H2,1-2H3,(H2,33,37)(H2,34,38)/t29-,30-/m0/s1. The summed E-state index contributed by atoms with van der Waals surface area (Å²) in [5.41, 5.74) is 11.8. The van der Waals surface area contributed by atoms with Crippen molar-refractivity contribution >= 4 is 12.1 Å². The van der Waals surface area contributed by atoms with Crippen LogP contribution in [0.5, 0.6) is 0 Å². The van der Waals surface area contributed by atoms with Gasteiger partial charge in [0.2, 0.25) is 0 Å². The van der Waals surface area contributed by atoms with Crippen molar-refractivity contribution < 1.29 is 9.59 Å². The quantitative estimate of drug-likeness (QED) is 0.120. The van der Waals surface area contributed by atoms with Crippen molar-refractivity contribution in [2.24, 2.45) is 11.5 Å². The lowest BCUT2D eigenvalue weighted by molar-refractivity contribution is 0.0831. The van der Waals surface area contributed by atoms with E-state index < -0.39 is 0 Å². The molecule has 0 unspecified atom stereocenters. The number of carbonyl (C=O) groups is 2. The zero-order valence-electron chi connectivity index (χ0n) is 25.4. The summed E-state index contributed by atoms with van der Waals surface area (Å²) in [5.74, 6) is 0. The highest BCUT2D eigenvalue weighted by Gasteiger charge is 2.36. The molecule has 0 aromatic rings. The van der Waals surface area contributed by atoms with Crippen molar-refractivity contribution in [3.63, 3.8) is 0 Å². The molecule has 0 aromatic carbocycles. The first-order valence-corrected chi connectivity index (χ1v) is 16.6. The lowest BCUT2D eigenvalue weighted by Gasteiger charge is -2.44. The Morgan fingerprint density at radius 1 is 0.500 bits per heavy atom. The van der Waals surface area contributed by atoms with Crippen molar-refractivity contribution in [2.75, 3.05) is 13.1 Å². The van der Waals surface area contributed by atoms with Crippen molar-refractivity contribution in [2.45, 2.75) is 180 Å². The van der Waals surface area contributed by atoms with Gasteiger partial charge in [-0.2, -0.15) is 0 Å². The molecule has 6 heteroatoms. The Bertz CT molecular complexity index is 536. The van der Waals surface area contributed by atoms with Gasteiger partial charge in [-0.15, -0.1) is 0 Å². The van der Waals surface area contributed by atoms with E-state index in [1.165, 1.54) is 103 Å². The maximum absolute atomic E-state index is 12.5. The van der Waals surface area contributed by atoms with Gasteiger partial charge < -0.3 is 21.3 Å². The van der Waals surface area contributed by atoms with Crippen molar-refractivity contribution in [3.8, 4) is 0 Å². The molecular weight excluding hydrogens is 472 g/mol. The molecule has 1 aliphatic rings. The van der Waals surface area contributed by atoms with Crippen molar-refractivity contribution in [1.29, 1.82) is 0 Å². The fraction of sp³-hybridized carbons (Fsp3) is 0.938. The first-order valence-electron chi connectivity index (χ1n) is 16.6. The van der Waals surface area contributed by atoms with E-state index in [4.69, 9.17) is 11.5 Å². The number of primary amides is 2. The van der Waals surface area contributed by atoms with E-state index in [1.807, 2.05) is 9.80 Å². The van der Waals surface area contributed by atoms with Gasteiger partial charge in [0.05, 0.1) is 12.1 Å². The molecule has 1 fully saturated rings. The molecule has 6 nitrogen and oxygen atoms in total. The number of urea groups is 2. The van der Waals surface area contributed by atoms with E-state index in [9.17, 15) is 9.59 Å². The highest BCUT2D eigenvalue weighted by molar-refractivity contribution is 5.74. The monoisotopic (exact) mass is 537 g/mol. The van der Waals surface area contributed by atoms with Gasteiger partial charge in [0.25, 0.3) is 0 Å². The van der Waals surface area contributed by atoms with Crippen LogP contribution < -0.4 is 11.5 Å². The Kier molecular flexibility index (Phi) is 21.3. The van der Waals surface area contributed by atoms with E-state index in [-0.39, 0.29) is 24.1 Å². The van der Waals surface area contributed by atoms with E-state index in [0.717, 1.165) is 51.4 Å². The Hall–Kier alpha value is -1.46. The molecule has 0 aliphatic heterocycles. The molecule has 1 saturated carbocycles. The number of nitrogens with two attached hydrogens (primary N) is 2. The number of rotatable bonds is 24. The fourth-order valence-corrected chi connectivity index (χ4v) is 6.24. The van der Waals surface area contributed by atoms with Crippen molar-refractivity contribution in [3.05, 3.63) is 0 Å². The molecule has 0 radical (unpaired) electrons. The van der Waals surface area contributed by atoms with Crippen LogP contribution in [-0.2, 0) is 0 Å². The predicted molar refractivity (Wildman–Crippen MR) is 162 cm³/mol. The first-order chi connectivity index (χ1) is 18.5. The van der Waals surface area contributed by atoms with Gasteiger partial charge in [0.1, 0.15) is 0 Å². The number of nitrogens with zero attached hydrogens (tertiary/aromatic N) is 2. The van der Waals surface area contributed by atoms with E-state index in [2.05, 4.69) is 13.8 Å². The van der Waals surface area contributed by atoms with Gasteiger partial charge in [0.15, 0.2) is 0 Å². The number of hydrogen-bond donors (Lipinski definition) is 2. The molecule has 0 heterocycles. The maximum atomic E-state index is 12.5. The fourth-order valence-electron chi connectivity index (χ4n) is 6.24. The summed E-state index contributed by atoms with van der Waals surface area (Å²) in [6.07, 6.45) is 29.3. The number of carbonyl (C=O) groups excluding carboxylic acids is 2. The Balaban J connectivity index is 2.42. The average molecular weight is 537 g/mol. The van der Waals surface area contributed by atoms with Crippen LogP contribution in [0.3, 0.4) is 0 Å². The lowest BCUT2D eigenvalue weighted by Crippen LogP contribution is -2.59. The van der Waals surface area contributed by atoms with Gasteiger partial charge in [-0.25, -0.2) is 9.59 Å². The smallest absolute Gasteiger partial charge is 0.315 e. The van der Waals surface area contributed by atoms with Crippen LogP contribution in [0, 0.1) is 0 Å². The highest BCUT2D eigenvalue weighted by Crippen LogP contribution is 2.28. The zero-order valence-corrected chi connectivity index (χ0v) is 25.4. The molecule has 0 spiro atoms. The molecule has 0 aromatic heterocycles. The van der Waals surface area contributed by atoms with Crippen LogP contribution in [0.1, 0.15) is 168 Å². The third-order valence-electron chi connectivity index (χ3n) is 8.57.